The van der Waals surface area contributed by atoms with E-state index in [4.69, 9.17) is 4.74 Å². The molecule has 4 nitrogen and oxygen atoms in total. The Morgan fingerprint density at radius 1 is 1.24 bits per heavy atom. The fourth-order valence-electron chi connectivity index (χ4n) is 2.75. The minimum atomic E-state index is -0.950. The summed E-state index contributed by atoms with van der Waals surface area (Å²) in [6, 6.07) is 9.09. The molecule has 0 saturated heterocycles. The number of rotatable bonds is 4. The van der Waals surface area contributed by atoms with Crippen LogP contribution in [0.15, 0.2) is 42.7 Å². The summed E-state index contributed by atoms with van der Waals surface area (Å²) in [7, 11) is 0. The molecule has 1 heterocycles. The Morgan fingerprint density at radius 2 is 2.05 bits per heavy atom. The van der Waals surface area contributed by atoms with Crippen LogP contribution in [0, 0.1) is 0 Å². The van der Waals surface area contributed by atoms with Crippen molar-refractivity contribution in [3.05, 3.63) is 48.3 Å². The molecule has 0 atom stereocenters. The van der Waals surface area contributed by atoms with Crippen LogP contribution in [0.25, 0.3) is 11.1 Å². The van der Waals surface area contributed by atoms with Crippen molar-refractivity contribution in [3.63, 3.8) is 0 Å². The number of aromatic nitrogens is 1. The van der Waals surface area contributed by atoms with E-state index in [1.807, 2.05) is 24.3 Å². The van der Waals surface area contributed by atoms with E-state index < -0.39 is 5.97 Å². The van der Waals surface area contributed by atoms with Gasteiger partial charge in [0.1, 0.15) is 5.75 Å². The van der Waals surface area contributed by atoms with E-state index >= 15 is 0 Å². The molecule has 1 aromatic heterocycles. The standard InChI is InChI=1S/C17H17NO3/c19-17(20)15-8-9-18-11-16(15)12-4-3-7-14(10-12)21-13-5-1-2-6-13/h3-4,7-11,13H,1-2,5-6H2,(H,19,20). The van der Waals surface area contributed by atoms with Gasteiger partial charge in [0.05, 0.1) is 11.7 Å². The van der Waals surface area contributed by atoms with Crippen LogP contribution in [0.3, 0.4) is 0 Å². The molecule has 1 aliphatic rings. The highest BCUT2D eigenvalue weighted by atomic mass is 16.5. The lowest BCUT2D eigenvalue weighted by molar-refractivity contribution is 0.0697. The molecule has 3 rings (SSSR count). The molecule has 0 bridgehead atoms. The van der Waals surface area contributed by atoms with E-state index in [1.54, 1.807) is 6.20 Å². The number of nitrogens with zero attached hydrogens (tertiary/aromatic N) is 1. The number of carbonyl (C=O) groups is 1. The Labute approximate surface area is 123 Å². The van der Waals surface area contributed by atoms with Gasteiger partial charge in [0.15, 0.2) is 0 Å². The van der Waals surface area contributed by atoms with Crippen molar-refractivity contribution in [1.82, 2.24) is 4.98 Å². The fourth-order valence-corrected chi connectivity index (χ4v) is 2.75. The van der Waals surface area contributed by atoms with Crippen LogP contribution in [-0.4, -0.2) is 22.2 Å². The first-order valence-electron chi connectivity index (χ1n) is 7.18. The van der Waals surface area contributed by atoms with Gasteiger partial charge in [-0.2, -0.15) is 0 Å². The summed E-state index contributed by atoms with van der Waals surface area (Å²) >= 11 is 0. The highest BCUT2D eigenvalue weighted by Crippen LogP contribution is 2.29. The topological polar surface area (TPSA) is 59.4 Å². The minimum absolute atomic E-state index is 0.253. The molecule has 0 amide bonds. The Morgan fingerprint density at radius 3 is 2.81 bits per heavy atom. The maximum atomic E-state index is 11.3. The average molecular weight is 283 g/mol. The van der Waals surface area contributed by atoms with Crippen LogP contribution >= 0.6 is 0 Å². The van der Waals surface area contributed by atoms with Gasteiger partial charge in [0.25, 0.3) is 0 Å². The molecule has 0 unspecified atom stereocenters. The van der Waals surface area contributed by atoms with Crippen molar-refractivity contribution in [2.24, 2.45) is 0 Å². The lowest BCUT2D eigenvalue weighted by Gasteiger charge is -2.14. The van der Waals surface area contributed by atoms with Crippen molar-refractivity contribution in [2.75, 3.05) is 0 Å². The van der Waals surface area contributed by atoms with Crippen molar-refractivity contribution in [2.45, 2.75) is 31.8 Å². The first-order chi connectivity index (χ1) is 10.2. The molecule has 1 N–H and O–H groups in total. The molecular weight excluding hydrogens is 266 g/mol. The van der Waals surface area contributed by atoms with Crippen LogP contribution in [0.2, 0.25) is 0 Å². The third-order valence-corrected chi connectivity index (χ3v) is 3.80. The van der Waals surface area contributed by atoms with Crippen molar-refractivity contribution in [3.8, 4) is 16.9 Å². The van der Waals surface area contributed by atoms with Gasteiger partial charge in [0, 0.05) is 18.0 Å². The molecule has 0 aliphatic heterocycles. The van der Waals surface area contributed by atoms with E-state index in [-0.39, 0.29) is 11.7 Å². The van der Waals surface area contributed by atoms with Gasteiger partial charge in [-0.1, -0.05) is 12.1 Å². The Kier molecular flexibility index (Phi) is 3.86. The lowest BCUT2D eigenvalue weighted by Crippen LogP contribution is -2.10. The van der Waals surface area contributed by atoms with Gasteiger partial charge in [-0.05, 0) is 49.4 Å². The maximum absolute atomic E-state index is 11.3. The first kappa shape index (κ1) is 13.6. The maximum Gasteiger partial charge on any atom is 0.336 e. The van der Waals surface area contributed by atoms with E-state index in [1.165, 1.54) is 25.1 Å². The van der Waals surface area contributed by atoms with Gasteiger partial charge in [-0.3, -0.25) is 4.98 Å². The van der Waals surface area contributed by atoms with Crippen molar-refractivity contribution in [1.29, 1.82) is 0 Å². The molecule has 21 heavy (non-hydrogen) atoms. The SMILES string of the molecule is O=C(O)c1ccncc1-c1cccc(OC2CCCC2)c1. The third-order valence-electron chi connectivity index (χ3n) is 3.80. The molecule has 2 aromatic rings. The minimum Gasteiger partial charge on any atom is -0.490 e. The van der Waals surface area contributed by atoms with E-state index in [0.717, 1.165) is 24.2 Å². The van der Waals surface area contributed by atoms with Gasteiger partial charge in [0.2, 0.25) is 0 Å². The zero-order valence-electron chi connectivity index (χ0n) is 11.7. The zero-order chi connectivity index (χ0) is 14.7. The zero-order valence-corrected chi connectivity index (χ0v) is 11.7. The summed E-state index contributed by atoms with van der Waals surface area (Å²) in [6.45, 7) is 0. The van der Waals surface area contributed by atoms with Crippen LogP contribution in [0.1, 0.15) is 36.0 Å². The van der Waals surface area contributed by atoms with Gasteiger partial charge < -0.3 is 9.84 Å². The molecular formula is C17H17NO3. The summed E-state index contributed by atoms with van der Waals surface area (Å²) in [4.78, 5) is 15.3. The van der Waals surface area contributed by atoms with Crippen LogP contribution < -0.4 is 4.74 Å². The third kappa shape index (κ3) is 3.05. The monoisotopic (exact) mass is 283 g/mol. The molecule has 1 aliphatic carbocycles. The largest absolute Gasteiger partial charge is 0.490 e. The summed E-state index contributed by atoms with van der Waals surface area (Å²) < 4.78 is 5.97. The van der Waals surface area contributed by atoms with Crippen LogP contribution in [-0.2, 0) is 0 Å². The second-order valence-electron chi connectivity index (χ2n) is 5.28. The van der Waals surface area contributed by atoms with Crippen molar-refractivity contribution >= 4 is 5.97 Å². The number of aromatic carboxylic acids is 1. The number of hydrogen-bond donors (Lipinski definition) is 1. The first-order valence-corrected chi connectivity index (χ1v) is 7.18. The van der Waals surface area contributed by atoms with E-state index in [0.29, 0.717) is 5.56 Å². The van der Waals surface area contributed by atoms with E-state index in [2.05, 4.69) is 4.98 Å². The Balaban J connectivity index is 1.90. The van der Waals surface area contributed by atoms with Crippen LogP contribution in [0.5, 0.6) is 5.75 Å². The summed E-state index contributed by atoms with van der Waals surface area (Å²) in [6.07, 6.45) is 7.98. The van der Waals surface area contributed by atoms with Crippen molar-refractivity contribution < 1.29 is 14.6 Å². The summed E-state index contributed by atoms with van der Waals surface area (Å²) in [5.41, 5.74) is 1.68. The molecule has 1 fully saturated rings. The molecule has 108 valence electrons. The van der Waals surface area contributed by atoms with Gasteiger partial charge >= 0.3 is 5.97 Å². The predicted octanol–water partition coefficient (Wildman–Crippen LogP) is 3.77. The van der Waals surface area contributed by atoms with Gasteiger partial charge in [-0.15, -0.1) is 0 Å². The number of ether oxygens (including phenoxy) is 1. The number of carboxylic acids is 1. The molecule has 0 spiro atoms. The molecule has 1 saturated carbocycles. The van der Waals surface area contributed by atoms with E-state index in [9.17, 15) is 9.90 Å². The normalized spacial score (nSPS) is 15.0. The Bertz CT molecular complexity index is 648. The van der Waals surface area contributed by atoms with Crippen LogP contribution in [0.4, 0.5) is 0 Å². The number of carboxylic acid groups (broad SMARTS) is 1. The molecule has 1 aromatic carbocycles. The predicted molar refractivity (Wildman–Crippen MR) is 79.5 cm³/mol. The smallest absolute Gasteiger partial charge is 0.336 e. The lowest BCUT2D eigenvalue weighted by atomic mass is 10.0. The number of hydrogen-bond acceptors (Lipinski definition) is 3. The second-order valence-corrected chi connectivity index (χ2v) is 5.28. The summed E-state index contributed by atoms with van der Waals surface area (Å²) in [5.74, 6) is -0.158. The fraction of sp³-hybridized carbons (Fsp3) is 0.294. The Hall–Kier alpha value is -2.36. The quantitative estimate of drug-likeness (QED) is 0.928. The average Bonchev–Trinajstić information content (AvgIpc) is 3.00. The number of pyridine rings is 1. The highest BCUT2D eigenvalue weighted by Gasteiger charge is 2.17. The van der Waals surface area contributed by atoms with Gasteiger partial charge in [-0.25, -0.2) is 4.79 Å². The number of benzene rings is 1. The summed E-state index contributed by atoms with van der Waals surface area (Å²) in [5, 5.41) is 9.27. The highest BCUT2D eigenvalue weighted by molar-refractivity contribution is 5.95. The molecule has 4 heteroatoms. The molecule has 0 radical (unpaired) electrons. The second kappa shape index (κ2) is 5.95.